The molecule has 0 radical (unpaired) electrons. The number of nitrogens with one attached hydrogen (secondary N) is 1. The normalized spacial score (nSPS) is 10.9. The molecule has 2 heterocycles. The minimum absolute atomic E-state index is 0.427. The van der Waals surface area contributed by atoms with E-state index in [4.69, 9.17) is 0 Å². The second kappa shape index (κ2) is 4.44. The molecule has 5 heteroatoms. The number of imidazole rings is 1. The molecule has 0 aromatic carbocycles. The molecule has 0 aliphatic carbocycles. The smallest absolute Gasteiger partial charge is 0.203 e. The Bertz CT molecular complexity index is 405. The minimum atomic E-state index is 0.427. The van der Waals surface area contributed by atoms with Crippen molar-refractivity contribution in [2.24, 2.45) is 0 Å². The molecular weight excluding hydrogens is 208 g/mol. The SMILES string of the molecule is CC(C)n1ccnc1NCc1cncs1. The van der Waals surface area contributed by atoms with E-state index in [1.807, 2.05) is 24.1 Å². The van der Waals surface area contributed by atoms with Crippen LogP contribution in [-0.2, 0) is 6.54 Å². The van der Waals surface area contributed by atoms with Crippen LogP contribution < -0.4 is 5.32 Å². The van der Waals surface area contributed by atoms with Crippen LogP contribution in [0.3, 0.4) is 0 Å². The van der Waals surface area contributed by atoms with Gasteiger partial charge in [0.15, 0.2) is 0 Å². The van der Waals surface area contributed by atoms with Crippen LogP contribution >= 0.6 is 11.3 Å². The van der Waals surface area contributed by atoms with E-state index in [0.29, 0.717) is 6.04 Å². The summed E-state index contributed by atoms with van der Waals surface area (Å²) in [4.78, 5) is 9.52. The summed E-state index contributed by atoms with van der Waals surface area (Å²) >= 11 is 1.65. The number of rotatable bonds is 4. The Labute approximate surface area is 93.0 Å². The quantitative estimate of drug-likeness (QED) is 0.864. The molecule has 1 N–H and O–H groups in total. The molecule has 4 nitrogen and oxygen atoms in total. The molecular formula is C10H14N4S. The van der Waals surface area contributed by atoms with Crippen LogP contribution in [0.25, 0.3) is 0 Å². The molecule has 0 atom stereocenters. The van der Waals surface area contributed by atoms with Crippen molar-refractivity contribution in [1.29, 1.82) is 0 Å². The fourth-order valence-corrected chi connectivity index (χ4v) is 1.90. The third-order valence-corrected chi connectivity index (χ3v) is 2.91. The molecule has 15 heavy (non-hydrogen) atoms. The Hall–Kier alpha value is -1.36. The summed E-state index contributed by atoms with van der Waals surface area (Å²) in [6.07, 6.45) is 5.68. The van der Waals surface area contributed by atoms with Crippen molar-refractivity contribution in [3.63, 3.8) is 0 Å². The first-order valence-electron chi connectivity index (χ1n) is 4.91. The Morgan fingerprint density at radius 3 is 3.07 bits per heavy atom. The second-order valence-corrected chi connectivity index (χ2v) is 4.54. The van der Waals surface area contributed by atoms with Gasteiger partial charge in [-0.1, -0.05) is 0 Å². The van der Waals surface area contributed by atoms with Crippen molar-refractivity contribution in [3.05, 3.63) is 29.0 Å². The molecule has 0 aliphatic rings. The Morgan fingerprint density at radius 2 is 2.40 bits per heavy atom. The topological polar surface area (TPSA) is 42.7 Å². The number of thiazole rings is 1. The fraction of sp³-hybridized carbons (Fsp3) is 0.400. The monoisotopic (exact) mass is 222 g/mol. The largest absolute Gasteiger partial charge is 0.351 e. The molecule has 0 unspecified atom stereocenters. The molecule has 0 spiro atoms. The van der Waals surface area contributed by atoms with Gasteiger partial charge in [-0.25, -0.2) is 4.98 Å². The van der Waals surface area contributed by atoms with Gasteiger partial charge in [-0.15, -0.1) is 11.3 Å². The van der Waals surface area contributed by atoms with Crippen LogP contribution in [0.2, 0.25) is 0 Å². The van der Waals surface area contributed by atoms with E-state index in [-0.39, 0.29) is 0 Å². The molecule has 0 bridgehead atoms. The van der Waals surface area contributed by atoms with Gasteiger partial charge in [-0.2, -0.15) is 0 Å². The van der Waals surface area contributed by atoms with Crippen LogP contribution in [0.15, 0.2) is 24.1 Å². The molecule has 0 saturated heterocycles. The van der Waals surface area contributed by atoms with E-state index in [1.165, 1.54) is 4.88 Å². The first-order valence-corrected chi connectivity index (χ1v) is 5.79. The third-order valence-electron chi connectivity index (χ3n) is 2.13. The Balaban J connectivity index is 2.02. The number of anilines is 1. The lowest BCUT2D eigenvalue weighted by molar-refractivity contribution is 0.605. The van der Waals surface area contributed by atoms with Gasteiger partial charge in [0.25, 0.3) is 0 Å². The Kier molecular flexibility index (Phi) is 3.01. The molecule has 0 fully saturated rings. The Morgan fingerprint density at radius 1 is 1.53 bits per heavy atom. The maximum atomic E-state index is 4.27. The first kappa shape index (κ1) is 10.2. The number of aromatic nitrogens is 3. The van der Waals surface area contributed by atoms with Crippen molar-refractivity contribution in [1.82, 2.24) is 14.5 Å². The van der Waals surface area contributed by atoms with Crippen molar-refractivity contribution < 1.29 is 0 Å². The molecule has 80 valence electrons. The lowest BCUT2D eigenvalue weighted by atomic mass is 10.4. The van der Waals surface area contributed by atoms with Gasteiger partial charge >= 0.3 is 0 Å². The molecule has 2 aromatic rings. The van der Waals surface area contributed by atoms with Crippen LogP contribution in [0.1, 0.15) is 24.8 Å². The number of nitrogens with zero attached hydrogens (tertiary/aromatic N) is 3. The van der Waals surface area contributed by atoms with Gasteiger partial charge in [0.05, 0.1) is 12.1 Å². The third kappa shape index (κ3) is 2.36. The van der Waals surface area contributed by atoms with E-state index in [9.17, 15) is 0 Å². The van der Waals surface area contributed by atoms with E-state index >= 15 is 0 Å². The average Bonchev–Trinajstić information content (AvgIpc) is 2.86. The molecule has 0 amide bonds. The highest BCUT2D eigenvalue weighted by Crippen LogP contribution is 2.14. The molecule has 2 aromatic heterocycles. The van der Waals surface area contributed by atoms with Gasteiger partial charge in [0.1, 0.15) is 0 Å². The lowest BCUT2D eigenvalue weighted by Crippen LogP contribution is -2.08. The summed E-state index contributed by atoms with van der Waals surface area (Å²) in [5, 5.41) is 3.30. The zero-order valence-corrected chi connectivity index (χ0v) is 9.66. The highest BCUT2D eigenvalue weighted by atomic mass is 32.1. The summed E-state index contributed by atoms with van der Waals surface area (Å²) < 4.78 is 2.11. The fourth-order valence-electron chi connectivity index (χ4n) is 1.36. The summed E-state index contributed by atoms with van der Waals surface area (Å²) in [6, 6.07) is 0.427. The van der Waals surface area contributed by atoms with E-state index < -0.39 is 0 Å². The number of hydrogen-bond donors (Lipinski definition) is 1. The van der Waals surface area contributed by atoms with Crippen LogP contribution in [0.5, 0.6) is 0 Å². The van der Waals surface area contributed by atoms with Gasteiger partial charge in [-0.3, -0.25) is 4.98 Å². The van der Waals surface area contributed by atoms with Gasteiger partial charge in [0, 0.05) is 29.5 Å². The standard InChI is InChI=1S/C10H14N4S/c1-8(2)14-4-3-12-10(14)13-6-9-5-11-7-15-9/h3-5,7-8H,6H2,1-2H3,(H,12,13). The van der Waals surface area contributed by atoms with Crippen LogP contribution in [-0.4, -0.2) is 14.5 Å². The van der Waals surface area contributed by atoms with Gasteiger partial charge in [0.2, 0.25) is 5.95 Å². The van der Waals surface area contributed by atoms with Gasteiger partial charge < -0.3 is 9.88 Å². The summed E-state index contributed by atoms with van der Waals surface area (Å²) in [7, 11) is 0. The number of hydrogen-bond acceptors (Lipinski definition) is 4. The highest BCUT2D eigenvalue weighted by molar-refractivity contribution is 7.09. The highest BCUT2D eigenvalue weighted by Gasteiger charge is 2.05. The second-order valence-electron chi connectivity index (χ2n) is 3.57. The lowest BCUT2D eigenvalue weighted by Gasteiger charge is -2.11. The summed E-state index contributed by atoms with van der Waals surface area (Å²) in [6.45, 7) is 5.06. The van der Waals surface area contributed by atoms with E-state index in [2.05, 4.69) is 33.7 Å². The van der Waals surface area contributed by atoms with Crippen LogP contribution in [0, 0.1) is 0 Å². The van der Waals surface area contributed by atoms with E-state index in [1.54, 1.807) is 11.3 Å². The molecule has 0 saturated carbocycles. The zero-order valence-electron chi connectivity index (χ0n) is 8.84. The van der Waals surface area contributed by atoms with Crippen molar-refractivity contribution in [2.75, 3.05) is 5.32 Å². The zero-order chi connectivity index (χ0) is 10.7. The predicted octanol–water partition coefficient (Wildman–Crippen LogP) is 2.53. The maximum Gasteiger partial charge on any atom is 0.203 e. The summed E-state index contributed by atoms with van der Waals surface area (Å²) in [5.41, 5.74) is 1.84. The first-order chi connectivity index (χ1) is 7.27. The maximum absolute atomic E-state index is 4.27. The average molecular weight is 222 g/mol. The van der Waals surface area contributed by atoms with Crippen molar-refractivity contribution >= 4 is 17.3 Å². The minimum Gasteiger partial charge on any atom is -0.351 e. The summed E-state index contributed by atoms with van der Waals surface area (Å²) in [5.74, 6) is 0.915. The van der Waals surface area contributed by atoms with Gasteiger partial charge in [-0.05, 0) is 13.8 Å². The van der Waals surface area contributed by atoms with Crippen molar-refractivity contribution in [3.8, 4) is 0 Å². The molecule has 0 aliphatic heterocycles. The van der Waals surface area contributed by atoms with Crippen LogP contribution in [0.4, 0.5) is 5.95 Å². The predicted molar refractivity (Wildman–Crippen MR) is 62.1 cm³/mol. The van der Waals surface area contributed by atoms with Crippen molar-refractivity contribution in [2.45, 2.75) is 26.4 Å². The van der Waals surface area contributed by atoms with E-state index in [0.717, 1.165) is 12.5 Å². The molecule has 2 rings (SSSR count).